The van der Waals surface area contributed by atoms with Crippen LogP contribution in [0.5, 0.6) is 0 Å². The van der Waals surface area contributed by atoms with Gasteiger partial charge in [0.2, 0.25) is 0 Å². The summed E-state index contributed by atoms with van der Waals surface area (Å²) in [6.45, 7) is 1.87. The molecule has 0 fully saturated rings. The van der Waals surface area contributed by atoms with E-state index in [2.05, 4.69) is 0 Å². The molecule has 9 heavy (non-hydrogen) atoms. The van der Waals surface area contributed by atoms with Crippen molar-refractivity contribution in [2.24, 2.45) is 0 Å². The van der Waals surface area contributed by atoms with Crippen LogP contribution in [0, 0.1) is 0 Å². The smallest absolute Gasteiger partial charge is 0.298 e. The Morgan fingerprint density at radius 3 is 1.33 bits per heavy atom. The van der Waals surface area contributed by atoms with Crippen molar-refractivity contribution in [2.75, 3.05) is 0 Å². The van der Waals surface area contributed by atoms with E-state index < -0.39 is 18.1 Å². The zero-order valence-corrected chi connectivity index (χ0v) is 5.31. The van der Waals surface area contributed by atoms with Gasteiger partial charge in [-0.3, -0.25) is 0 Å². The van der Waals surface area contributed by atoms with Crippen LogP contribution in [0.3, 0.4) is 0 Å². The first-order valence-electron chi connectivity index (χ1n) is 2.63. The maximum atomic E-state index is 12.2. The highest BCUT2D eigenvalue weighted by Gasteiger charge is 2.40. The maximum absolute atomic E-state index is 12.2. The molecule has 0 aliphatic rings. The molecule has 2 nitrogen and oxygen atoms in total. The standard InChI is InChI=1S/C5H10F2O2/c1-3(8)5(6,7)4(2)9/h3-4,8-9H,1-2H3. The van der Waals surface area contributed by atoms with Crippen molar-refractivity contribution in [3.8, 4) is 0 Å². The number of rotatable bonds is 2. The van der Waals surface area contributed by atoms with E-state index in [-0.39, 0.29) is 0 Å². The van der Waals surface area contributed by atoms with Crippen LogP contribution in [0.1, 0.15) is 13.8 Å². The summed E-state index contributed by atoms with van der Waals surface area (Å²) in [5.74, 6) is -3.39. The number of hydrogen-bond acceptors (Lipinski definition) is 2. The summed E-state index contributed by atoms with van der Waals surface area (Å²) in [6.07, 6.45) is -3.59. The van der Waals surface area contributed by atoms with Gasteiger partial charge in [0.15, 0.2) is 0 Å². The molecule has 56 valence electrons. The number of hydrogen-bond donors (Lipinski definition) is 2. The van der Waals surface area contributed by atoms with Gasteiger partial charge in [0.25, 0.3) is 5.92 Å². The Morgan fingerprint density at radius 1 is 1.11 bits per heavy atom. The number of aliphatic hydroxyl groups excluding tert-OH is 2. The Balaban J connectivity index is 4.01. The minimum atomic E-state index is -3.39. The van der Waals surface area contributed by atoms with Gasteiger partial charge in [0.05, 0.1) is 0 Å². The Kier molecular flexibility index (Phi) is 2.51. The molecular formula is C5H10F2O2. The lowest BCUT2D eigenvalue weighted by Gasteiger charge is -2.21. The first-order valence-corrected chi connectivity index (χ1v) is 2.63. The molecule has 2 atom stereocenters. The van der Waals surface area contributed by atoms with Crippen LogP contribution < -0.4 is 0 Å². The van der Waals surface area contributed by atoms with Crippen molar-refractivity contribution >= 4 is 0 Å². The Bertz CT molecular complexity index is 81.0. The van der Waals surface area contributed by atoms with Crippen molar-refractivity contribution < 1.29 is 19.0 Å². The summed E-state index contributed by atoms with van der Waals surface area (Å²) in [4.78, 5) is 0. The minimum absolute atomic E-state index is 0.937. The molecule has 0 aromatic heterocycles. The van der Waals surface area contributed by atoms with Crippen LogP contribution in [0.25, 0.3) is 0 Å². The third kappa shape index (κ3) is 1.87. The molecule has 0 aromatic rings. The first-order chi connectivity index (χ1) is 3.89. The Hall–Kier alpha value is -0.220. The zero-order chi connectivity index (χ0) is 7.65. The van der Waals surface area contributed by atoms with Crippen LogP contribution in [-0.4, -0.2) is 28.3 Å². The first kappa shape index (κ1) is 8.78. The van der Waals surface area contributed by atoms with Crippen molar-refractivity contribution in [1.82, 2.24) is 0 Å². The highest BCUT2D eigenvalue weighted by molar-refractivity contribution is 4.77. The predicted molar refractivity (Wildman–Crippen MR) is 28.3 cm³/mol. The highest BCUT2D eigenvalue weighted by atomic mass is 19.3. The van der Waals surface area contributed by atoms with Crippen LogP contribution >= 0.6 is 0 Å². The lowest BCUT2D eigenvalue weighted by Crippen LogP contribution is -2.41. The van der Waals surface area contributed by atoms with Gasteiger partial charge in [-0.2, -0.15) is 0 Å². The molecule has 0 heterocycles. The topological polar surface area (TPSA) is 40.5 Å². The van der Waals surface area contributed by atoms with Crippen molar-refractivity contribution in [2.45, 2.75) is 32.0 Å². The largest absolute Gasteiger partial charge is 0.387 e. The summed E-state index contributed by atoms with van der Waals surface area (Å²) in [7, 11) is 0. The molecule has 0 saturated heterocycles. The van der Waals surface area contributed by atoms with Gasteiger partial charge in [0.1, 0.15) is 12.2 Å². The number of alkyl halides is 2. The molecule has 0 aliphatic heterocycles. The molecule has 4 heteroatoms. The van der Waals surface area contributed by atoms with Crippen LogP contribution in [0.4, 0.5) is 8.78 Å². The van der Waals surface area contributed by atoms with E-state index in [0.29, 0.717) is 0 Å². The van der Waals surface area contributed by atoms with Crippen molar-refractivity contribution in [1.29, 1.82) is 0 Å². The third-order valence-electron chi connectivity index (χ3n) is 1.11. The molecule has 0 radical (unpaired) electrons. The molecule has 0 aromatic carbocycles. The van der Waals surface area contributed by atoms with E-state index >= 15 is 0 Å². The summed E-state index contributed by atoms with van der Waals surface area (Å²) >= 11 is 0. The Labute approximate surface area is 52.1 Å². The summed E-state index contributed by atoms with van der Waals surface area (Å²) in [6, 6.07) is 0. The van der Waals surface area contributed by atoms with Gasteiger partial charge in [0, 0.05) is 0 Å². The molecule has 0 saturated carbocycles. The third-order valence-corrected chi connectivity index (χ3v) is 1.11. The second-order valence-corrected chi connectivity index (χ2v) is 2.03. The summed E-state index contributed by atoms with van der Waals surface area (Å²) in [5.41, 5.74) is 0. The lowest BCUT2D eigenvalue weighted by molar-refractivity contribution is -0.164. The van der Waals surface area contributed by atoms with Crippen LogP contribution in [-0.2, 0) is 0 Å². The fourth-order valence-corrected chi connectivity index (χ4v) is 0.349. The average molecular weight is 140 g/mol. The van der Waals surface area contributed by atoms with Gasteiger partial charge in [-0.15, -0.1) is 0 Å². The fraction of sp³-hybridized carbons (Fsp3) is 1.00. The van der Waals surface area contributed by atoms with E-state index in [0.717, 1.165) is 13.8 Å². The van der Waals surface area contributed by atoms with Crippen LogP contribution in [0.2, 0.25) is 0 Å². The molecular weight excluding hydrogens is 130 g/mol. The SMILES string of the molecule is CC(O)C(F)(F)C(C)O. The lowest BCUT2D eigenvalue weighted by atomic mass is 10.1. The maximum Gasteiger partial charge on any atom is 0.298 e. The molecule has 0 aliphatic carbocycles. The number of halogens is 2. The average Bonchev–Trinajstić information content (AvgIpc) is 1.65. The summed E-state index contributed by atoms with van der Waals surface area (Å²) < 4.78 is 24.3. The van der Waals surface area contributed by atoms with Crippen LogP contribution in [0.15, 0.2) is 0 Å². The monoisotopic (exact) mass is 140 g/mol. The van der Waals surface area contributed by atoms with Crippen molar-refractivity contribution in [3.63, 3.8) is 0 Å². The van der Waals surface area contributed by atoms with Gasteiger partial charge < -0.3 is 10.2 Å². The summed E-state index contributed by atoms with van der Waals surface area (Å²) in [5, 5.41) is 16.7. The van der Waals surface area contributed by atoms with Gasteiger partial charge >= 0.3 is 0 Å². The molecule has 2 unspecified atom stereocenters. The highest BCUT2D eigenvalue weighted by Crippen LogP contribution is 2.22. The molecule has 0 spiro atoms. The second-order valence-electron chi connectivity index (χ2n) is 2.03. The molecule has 0 rings (SSSR count). The van der Waals surface area contributed by atoms with E-state index in [9.17, 15) is 8.78 Å². The van der Waals surface area contributed by atoms with Gasteiger partial charge in [-0.05, 0) is 13.8 Å². The normalized spacial score (nSPS) is 19.3. The number of aliphatic hydroxyl groups is 2. The zero-order valence-electron chi connectivity index (χ0n) is 5.31. The second kappa shape index (κ2) is 2.58. The Morgan fingerprint density at radius 2 is 1.33 bits per heavy atom. The molecule has 0 bridgehead atoms. The van der Waals surface area contributed by atoms with E-state index in [1.165, 1.54) is 0 Å². The van der Waals surface area contributed by atoms with Gasteiger partial charge in [-0.1, -0.05) is 0 Å². The fourth-order valence-electron chi connectivity index (χ4n) is 0.349. The van der Waals surface area contributed by atoms with E-state index in [1.54, 1.807) is 0 Å². The molecule has 0 amide bonds. The quantitative estimate of drug-likeness (QED) is 0.582. The van der Waals surface area contributed by atoms with Gasteiger partial charge in [-0.25, -0.2) is 8.78 Å². The minimum Gasteiger partial charge on any atom is -0.387 e. The van der Waals surface area contributed by atoms with E-state index in [4.69, 9.17) is 10.2 Å². The predicted octanol–water partition coefficient (Wildman–Crippen LogP) is 0.383. The molecule has 2 N–H and O–H groups in total. The van der Waals surface area contributed by atoms with Crippen molar-refractivity contribution in [3.05, 3.63) is 0 Å². The van der Waals surface area contributed by atoms with E-state index in [1.807, 2.05) is 0 Å².